The Labute approximate surface area is 152 Å². The number of nitrogens with zero attached hydrogens (tertiary/aromatic N) is 1. The van der Waals surface area contributed by atoms with Gasteiger partial charge in [-0.05, 0) is 44.2 Å². The van der Waals surface area contributed by atoms with Gasteiger partial charge < -0.3 is 9.47 Å². The fourth-order valence-corrected chi connectivity index (χ4v) is 3.82. The first kappa shape index (κ1) is 18.0. The molecule has 0 bridgehead atoms. The third kappa shape index (κ3) is 3.72. The van der Waals surface area contributed by atoms with Crippen molar-refractivity contribution in [1.29, 1.82) is 0 Å². The molecule has 1 aliphatic rings. The van der Waals surface area contributed by atoms with Crippen molar-refractivity contribution in [3.8, 4) is 5.75 Å². The number of carbonyl (C=O) groups excluding carboxylic acids is 1. The molecule has 0 aromatic heterocycles. The minimum Gasteiger partial charge on any atom is -0.489 e. The van der Waals surface area contributed by atoms with Crippen LogP contribution in [-0.4, -0.2) is 32.0 Å². The Bertz CT molecular complexity index is 931. The number of aryl methyl sites for hydroxylation is 2. The van der Waals surface area contributed by atoms with Crippen LogP contribution in [0.15, 0.2) is 65.2 Å². The third-order valence-electron chi connectivity index (χ3n) is 3.92. The minimum atomic E-state index is -4.02. The van der Waals surface area contributed by atoms with Crippen molar-refractivity contribution in [2.24, 2.45) is 0 Å². The predicted molar refractivity (Wildman–Crippen MR) is 96.3 cm³/mol. The zero-order chi connectivity index (χ0) is 18.7. The van der Waals surface area contributed by atoms with Crippen LogP contribution < -0.4 is 4.74 Å². The number of amides is 1. The summed E-state index contributed by atoms with van der Waals surface area (Å²) in [5.74, 6) is 0.658. The highest BCUT2D eigenvalue weighted by Crippen LogP contribution is 2.26. The van der Waals surface area contributed by atoms with E-state index in [4.69, 9.17) is 9.47 Å². The average molecular weight is 373 g/mol. The van der Waals surface area contributed by atoms with Crippen LogP contribution in [0.25, 0.3) is 0 Å². The van der Waals surface area contributed by atoms with Gasteiger partial charge in [0.15, 0.2) is 0 Å². The van der Waals surface area contributed by atoms with Gasteiger partial charge in [-0.3, -0.25) is 0 Å². The van der Waals surface area contributed by atoms with Crippen LogP contribution in [0.1, 0.15) is 11.1 Å². The second-order valence-electron chi connectivity index (χ2n) is 5.96. The number of hydrogen-bond donors (Lipinski definition) is 0. The van der Waals surface area contributed by atoms with Gasteiger partial charge in [-0.2, -0.15) is 4.31 Å². The van der Waals surface area contributed by atoms with E-state index >= 15 is 0 Å². The molecule has 0 atom stereocenters. The summed E-state index contributed by atoms with van der Waals surface area (Å²) >= 11 is 0. The van der Waals surface area contributed by atoms with E-state index in [0.29, 0.717) is 10.1 Å². The van der Waals surface area contributed by atoms with Gasteiger partial charge in [0.2, 0.25) is 0 Å². The molecule has 0 aliphatic carbocycles. The molecule has 1 amide bonds. The molecule has 2 aromatic rings. The fourth-order valence-electron chi connectivity index (χ4n) is 2.45. The monoisotopic (exact) mass is 373 g/mol. The second kappa shape index (κ2) is 7.21. The molecule has 1 saturated heterocycles. The zero-order valence-electron chi connectivity index (χ0n) is 14.5. The lowest BCUT2D eigenvalue weighted by atomic mass is 10.2. The molecule has 2 aromatic carbocycles. The highest BCUT2D eigenvalue weighted by molar-refractivity contribution is 7.89. The lowest BCUT2D eigenvalue weighted by Gasteiger charge is -2.15. The van der Waals surface area contributed by atoms with Gasteiger partial charge in [-0.25, -0.2) is 13.2 Å². The molecule has 0 N–H and O–H groups in total. The van der Waals surface area contributed by atoms with Crippen molar-refractivity contribution in [3.63, 3.8) is 0 Å². The number of ether oxygens (including phenoxy) is 2. The lowest BCUT2D eigenvalue weighted by Crippen LogP contribution is -2.30. The maximum absolute atomic E-state index is 12.8. The van der Waals surface area contributed by atoms with E-state index in [1.807, 2.05) is 38.1 Å². The van der Waals surface area contributed by atoms with Gasteiger partial charge in [-0.15, -0.1) is 0 Å². The van der Waals surface area contributed by atoms with Gasteiger partial charge in [-0.1, -0.05) is 35.4 Å². The van der Waals surface area contributed by atoms with Crippen LogP contribution in [0.5, 0.6) is 5.75 Å². The van der Waals surface area contributed by atoms with E-state index in [0.717, 1.165) is 11.1 Å². The molecule has 1 heterocycles. The Balaban J connectivity index is 1.79. The third-order valence-corrected chi connectivity index (χ3v) is 5.65. The first-order valence-corrected chi connectivity index (χ1v) is 9.49. The van der Waals surface area contributed by atoms with E-state index in [1.165, 1.54) is 18.2 Å². The molecule has 1 fully saturated rings. The van der Waals surface area contributed by atoms with Crippen molar-refractivity contribution in [3.05, 3.63) is 71.4 Å². The number of cyclic esters (lactones) is 1. The van der Waals surface area contributed by atoms with Crippen molar-refractivity contribution in [2.45, 2.75) is 18.7 Å². The normalized spacial score (nSPS) is 16.0. The Kier molecular flexibility index (Phi) is 4.99. The Morgan fingerprint density at radius 3 is 2.23 bits per heavy atom. The summed E-state index contributed by atoms with van der Waals surface area (Å²) in [7, 11) is -4.02. The maximum atomic E-state index is 12.8. The zero-order valence-corrected chi connectivity index (χ0v) is 15.3. The molecule has 3 rings (SSSR count). The molecule has 0 unspecified atom stereocenters. The summed E-state index contributed by atoms with van der Waals surface area (Å²) in [4.78, 5) is 12.0. The van der Waals surface area contributed by atoms with Crippen molar-refractivity contribution in [1.82, 2.24) is 4.31 Å². The van der Waals surface area contributed by atoms with Gasteiger partial charge in [0.05, 0.1) is 10.6 Å². The van der Waals surface area contributed by atoms with E-state index in [2.05, 4.69) is 0 Å². The fraction of sp³-hybridized carbons (Fsp3) is 0.211. The molecular weight excluding hydrogens is 354 g/mol. The van der Waals surface area contributed by atoms with Crippen LogP contribution >= 0.6 is 0 Å². The molecule has 6 nitrogen and oxygen atoms in total. The van der Waals surface area contributed by atoms with Gasteiger partial charge in [0.25, 0.3) is 10.0 Å². The summed E-state index contributed by atoms with van der Waals surface area (Å²) in [5, 5.41) is 0. The summed E-state index contributed by atoms with van der Waals surface area (Å²) in [5.41, 5.74) is 2.28. The largest absolute Gasteiger partial charge is 0.489 e. The first-order chi connectivity index (χ1) is 12.4. The van der Waals surface area contributed by atoms with Crippen LogP contribution in [0.2, 0.25) is 0 Å². The van der Waals surface area contributed by atoms with E-state index in [1.54, 1.807) is 12.1 Å². The van der Waals surface area contributed by atoms with Crippen LogP contribution in [0, 0.1) is 13.8 Å². The molecule has 136 valence electrons. The Morgan fingerprint density at radius 1 is 1.04 bits per heavy atom. The molecule has 1 aliphatic heterocycles. The average Bonchev–Trinajstić information content (AvgIpc) is 2.98. The highest BCUT2D eigenvalue weighted by Gasteiger charge is 2.38. The number of hydrogen-bond acceptors (Lipinski definition) is 5. The number of carbonyl (C=O) groups is 1. The number of rotatable bonds is 5. The van der Waals surface area contributed by atoms with Crippen molar-refractivity contribution in [2.75, 3.05) is 13.2 Å². The number of sulfonamides is 1. The van der Waals surface area contributed by atoms with Crippen molar-refractivity contribution >= 4 is 16.1 Å². The number of benzene rings is 2. The van der Waals surface area contributed by atoms with E-state index in [9.17, 15) is 13.2 Å². The van der Waals surface area contributed by atoms with Crippen LogP contribution in [0.3, 0.4) is 0 Å². The minimum absolute atomic E-state index is 0.0345. The van der Waals surface area contributed by atoms with Crippen LogP contribution in [0.4, 0.5) is 4.79 Å². The molecule has 0 saturated carbocycles. The molecule has 0 radical (unpaired) electrons. The summed E-state index contributed by atoms with van der Waals surface area (Å²) in [6, 6.07) is 13.8. The SMILES string of the molecule is Cc1ccc(OC/C=C2\COC(=O)N2S(=O)(=O)c2ccc(C)cc2)cc1. The topological polar surface area (TPSA) is 72.9 Å². The van der Waals surface area contributed by atoms with E-state index < -0.39 is 16.1 Å². The van der Waals surface area contributed by atoms with Crippen molar-refractivity contribution < 1.29 is 22.7 Å². The molecular formula is C19H19NO5S. The van der Waals surface area contributed by atoms with E-state index in [-0.39, 0.29) is 23.8 Å². The van der Waals surface area contributed by atoms with Gasteiger partial charge >= 0.3 is 6.09 Å². The van der Waals surface area contributed by atoms with Crippen LogP contribution in [-0.2, 0) is 14.8 Å². The lowest BCUT2D eigenvalue weighted by molar-refractivity contribution is 0.170. The summed E-state index contributed by atoms with van der Waals surface area (Å²) in [6.07, 6.45) is 0.628. The van der Waals surface area contributed by atoms with Gasteiger partial charge in [0, 0.05) is 0 Å². The summed E-state index contributed by atoms with van der Waals surface area (Å²) < 4.78 is 36.7. The second-order valence-corrected chi connectivity index (χ2v) is 7.74. The molecule has 0 spiro atoms. The smallest absolute Gasteiger partial charge is 0.428 e. The highest BCUT2D eigenvalue weighted by atomic mass is 32.2. The quantitative estimate of drug-likeness (QED) is 0.803. The van der Waals surface area contributed by atoms with Gasteiger partial charge in [0.1, 0.15) is 19.0 Å². The first-order valence-electron chi connectivity index (χ1n) is 8.05. The standard InChI is InChI=1S/C19H19NO5S/c1-14-3-7-17(8-4-14)24-12-11-16-13-25-19(21)20(16)26(22,23)18-9-5-15(2)6-10-18/h3-11H,12-13H2,1-2H3/b16-11+. The Morgan fingerprint density at radius 2 is 1.62 bits per heavy atom. The molecule has 26 heavy (non-hydrogen) atoms. The maximum Gasteiger partial charge on any atom is 0.428 e. The Hall–Kier alpha value is -2.80. The predicted octanol–water partition coefficient (Wildman–Crippen LogP) is 3.41. The molecule has 7 heteroatoms. The summed E-state index contributed by atoms with van der Waals surface area (Å²) in [6.45, 7) is 3.84.